The molecule has 0 fully saturated rings. The third kappa shape index (κ3) is 3.92. The molecule has 0 aliphatic carbocycles. The van der Waals surface area contributed by atoms with E-state index >= 15 is 0 Å². The highest BCUT2D eigenvalue weighted by Crippen LogP contribution is 2.30. The van der Waals surface area contributed by atoms with Crippen LogP contribution in [0.5, 0.6) is 5.75 Å². The van der Waals surface area contributed by atoms with Gasteiger partial charge in [0.1, 0.15) is 5.75 Å². The number of ether oxygens (including phenoxy) is 2. The molecule has 0 unspecified atom stereocenters. The maximum atomic E-state index is 12.5. The first-order chi connectivity index (χ1) is 11.3. The molecule has 6 nitrogen and oxygen atoms in total. The van der Waals surface area contributed by atoms with E-state index in [0.29, 0.717) is 0 Å². The lowest BCUT2D eigenvalue weighted by atomic mass is 10.2. The summed E-state index contributed by atoms with van der Waals surface area (Å²) in [7, 11) is -1.35. The Labute approximate surface area is 149 Å². The van der Waals surface area contributed by atoms with Crippen molar-refractivity contribution in [2.45, 2.75) is 4.90 Å². The number of sulfonamides is 1. The smallest absolute Gasteiger partial charge is 0.337 e. The molecule has 0 radical (unpaired) electrons. The van der Waals surface area contributed by atoms with Crippen molar-refractivity contribution in [2.75, 3.05) is 18.9 Å². The molecule has 1 N–H and O–H groups in total. The van der Waals surface area contributed by atoms with Gasteiger partial charge in [0.25, 0.3) is 10.0 Å². The van der Waals surface area contributed by atoms with E-state index in [-0.39, 0.29) is 31.9 Å². The highest BCUT2D eigenvalue weighted by Gasteiger charge is 2.19. The van der Waals surface area contributed by atoms with E-state index in [9.17, 15) is 13.2 Å². The van der Waals surface area contributed by atoms with Crippen molar-refractivity contribution in [2.24, 2.45) is 0 Å². The van der Waals surface area contributed by atoms with E-state index in [2.05, 4.69) is 9.46 Å². The van der Waals surface area contributed by atoms with Gasteiger partial charge in [-0.3, -0.25) is 4.72 Å². The molecule has 0 amide bonds. The quantitative estimate of drug-likeness (QED) is 0.790. The maximum Gasteiger partial charge on any atom is 0.337 e. The lowest BCUT2D eigenvalue weighted by Gasteiger charge is -2.13. The van der Waals surface area contributed by atoms with E-state index < -0.39 is 16.0 Å². The Morgan fingerprint density at radius 3 is 2.33 bits per heavy atom. The predicted molar refractivity (Wildman–Crippen MR) is 91.6 cm³/mol. The number of hydrogen-bond acceptors (Lipinski definition) is 5. The van der Waals surface area contributed by atoms with Crippen LogP contribution in [0.15, 0.2) is 41.3 Å². The Kier molecular flexibility index (Phi) is 5.58. The zero-order valence-corrected chi connectivity index (χ0v) is 15.0. The Morgan fingerprint density at radius 1 is 1.04 bits per heavy atom. The molecular formula is C15H13Cl2NO5S. The molecule has 0 saturated carbocycles. The van der Waals surface area contributed by atoms with E-state index in [4.69, 9.17) is 27.9 Å². The monoisotopic (exact) mass is 389 g/mol. The number of rotatable bonds is 5. The Hall–Kier alpha value is -1.96. The van der Waals surface area contributed by atoms with Gasteiger partial charge in [0.2, 0.25) is 0 Å². The van der Waals surface area contributed by atoms with E-state index in [1.165, 1.54) is 50.6 Å². The second-order valence-corrected chi connectivity index (χ2v) is 7.08. The van der Waals surface area contributed by atoms with Gasteiger partial charge in [-0.25, -0.2) is 13.2 Å². The number of esters is 1. The molecule has 0 heterocycles. The van der Waals surface area contributed by atoms with Crippen LogP contribution in [0.1, 0.15) is 10.4 Å². The summed E-state index contributed by atoms with van der Waals surface area (Å²) < 4.78 is 37.1. The molecule has 128 valence electrons. The summed E-state index contributed by atoms with van der Waals surface area (Å²) in [6, 6.07) is 8.15. The molecule has 24 heavy (non-hydrogen) atoms. The van der Waals surface area contributed by atoms with Crippen LogP contribution in [0.3, 0.4) is 0 Å². The Morgan fingerprint density at radius 2 is 1.75 bits per heavy atom. The second-order valence-electron chi connectivity index (χ2n) is 4.59. The lowest BCUT2D eigenvalue weighted by Crippen LogP contribution is -2.14. The molecule has 0 bridgehead atoms. The van der Waals surface area contributed by atoms with Crippen molar-refractivity contribution in [3.05, 3.63) is 52.0 Å². The van der Waals surface area contributed by atoms with Gasteiger partial charge in [0.05, 0.1) is 40.4 Å². The molecule has 9 heteroatoms. The molecule has 0 saturated heterocycles. The van der Waals surface area contributed by atoms with Crippen LogP contribution in [0.25, 0.3) is 0 Å². The van der Waals surface area contributed by atoms with Crippen LogP contribution in [0.4, 0.5) is 5.69 Å². The second kappa shape index (κ2) is 7.29. The summed E-state index contributed by atoms with van der Waals surface area (Å²) in [6.07, 6.45) is 0. The first-order valence-corrected chi connectivity index (χ1v) is 8.76. The van der Waals surface area contributed by atoms with E-state index in [1.54, 1.807) is 0 Å². The van der Waals surface area contributed by atoms with Gasteiger partial charge in [0.15, 0.2) is 0 Å². The Bertz CT molecular complexity index is 883. The number of hydrogen-bond donors (Lipinski definition) is 1. The van der Waals surface area contributed by atoms with Crippen molar-refractivity contribution in [3.63, 3.8) is 0 Å². The van der Waals surface area contributed by atoms with Crippen LogP contribution >= 0.6 is 23.2 Å². The number of nitrogens with one attached hydrogen (secondary N) is 1. The van der Waals surface area contributed by atoms with Crippen molar-refractivity contribution in [1.29, 1.82) is 0 Å². The predicted octanol–water partition coefficient (Wildman–Crippen LogP) is 3.59. The van der Waals surface area contributed by atoms with Crippen molar-refractivity contribution in [1.82, 2.24) is 0 Å². The summed E-state index contributed by atoms with van der Waals surface area (Å²) in [5, 5.41) is 0.343. The fourth-order valence-electron chi connectivity index (χ4n) is 1.88. The molecule has 0 spiro atoms. The summed E-state index contributed by atoms with van der Waals surface area (Å²) in [4.78, 5) is 11.5. The number of carbonyl (C=O) groups is 1. The molecular weight excluding hydrogens is 377 g/mol. The lowest BCUT2D eigenvalue weighted by molar-refractivity contribution is 0.0600. The normalized spacial score (nSPS) is 11.0. The zero-order valence-electron chi connectivity index (χ0n) is 12.7. The zero-order chi connectivity index (χ0) is 17.9. The molecule has 2 rings (SSSR count). The standard InChI is InChI=1S/C15H13Cl2NO5S/c1-22-14-6-3-9(15(19)23-2)7-13(14)18-24(20,21)10-4-5-11(16)12(17)8-10/h3-8,18H,1-2H3. The van der Waals surface area contributed by atoms with Crippen LogP contribution in [0.2, 0.25) is 10.0 Å². The van der Waals surface area contributed by atoms with Gasteiger partial charge in [-0.15, -0.1) is 0 Å². The molecule has 2 aromatic carbocycles. The van der Waals surface area contributed by atoms with Gasteiger partial charge in [-0.2, -0.15) is 0 Å². The van der Waals surface area contributed by atoms with E-state index in [1.807, 2.05) is 0 Å². The fraction of sp³-hybridized carbons (Fsp3) is 0.133. The number of anilines is 1. The molecule has 2 aromatic rings. The third-order valence-corrected chi connectivity index (χ3v) is 5.17. The topological polar surface area (TPSA) is 81.7 Å². The number of benzene rings is 2. The summed E-state index contributed by atoms with van der Waals surface area (Å²) >= 11 is 11.6. The van der Waals surface area contributed by atoms with Crippen LogP contribution in [0, 0.1) is 0 Å². The van der Waals surface area contributed by atoms with Gasteiger partial charge in [-0.05, 0) is 36.4 Å². The molecule has 0 aromatic heterocycles. The van der Waals surface area contributed by atoms with E-state index in [0.717, 1.165) is 0 Å². The highest BCUT2D eigenvalue weighted by atomic mass is 35.5. The molecule has 0 aliphatic rings. The Balaban J connectivity index is 2.44. The van der Waals surface area contributed by atoms with Gasteiger partial charge in [0, 0.05) is 0 Å². The number of methoxy groups -OCH3 is 2. The van der Waals surface area contributed by atoms with Crippen molar-refractivity contribution in [3.8, 4) is 5.75 Å². The third-order valence-electron chi connectivity index (χ3n) is 3.07. The fourth-order valence-corrected chi connectivity index (χ4v) is 3.33. The first-order valence-electron chi connectivity index (χ1n) is 6.52. The van der Waals surface area contributed by atoms with Crippen molar-refractivity contribution >= 4 is 44.9 Å². The minimum atomic E-state index is -3.96. The summed E-state index contributed by atoms with van der Waals surface area (Å²) in [6.45, 7) is 0. The summed E-state index contributed by atoms with van der Waals surface area (Å²) in [5.41, 5.74) is 0.261. The largest absolute Gasteiger partial charge is 0.495 e. The average molecular weight is 390 g/mol. The first kappa shape index (κ1) is 18.4. The summed E-state index contributed by atoms with van der Waals surface area (Å²) in [5.74, 6) is -0.362. The van der Waals surface area contributed by atoms with Crippen LogP contribution in [-0.4, -0.2) is 28.6 Å². The van der Waals surface area contributed by atoms with Crippen LogP contribution in [-0.2, 0) is 14.8 Å². The minimum absolute atomic E-state index is 0.0811. The van der Waals surface area contributed by atoms with Gasteiger partial charge >= 0.3 is 5.97 Å². The SMILES string of the molecule is COC(=O)c1ccc(OC)c(NS(=O)(=O)c2ccc(Cl)c(Cl)c2)c1. The molecule has 0 aliphatic heterocycles. The minimum Gasteiger partial charge on any atom is -0.495 e. The number of halogens is 2. The van der Waals surface area contributed by atoms with Gasteiger partial charge < -0.3 is 9.47 Å². The maximum absolute atomic E-state index is 12.5. The van der Waals surface area contributed by atoms with Crippen LogP contribution < -0.4 is 9.46 Å². The number of carbonyl (C=O) groups excluding carboxylic acids is 1. The van der Waals surface area contributed by atoms with Gasteiger partial charge in [-0.1, -0.05) is 23.2 Å². The molecule has 0 atom stereocenters. The van der Waals surface area contributed by atoms with Crippen molar-refractivity contribution < 1.29 is 22.7 Å². The highest BCUT2D eigenvalue weighted by molar-refractivity contribution is 7.92. The average Bonchev–Trinajstić information content (AvgIpc) is 2.56.